The molecule has 0 bridgehead atoms. The normalized spacial score (nSPS) is 19.4. The van der Waals surface area contributed by atoms with E-state index in [1.165, 1.54) is 6.07 Å². The van der Waals surface area contributed by atoms with Gasteiger partial charge in [0.1, 0.15) is 12.4 Å². The summed E-state index contributed by atoms with van der Waals surface area (Å²) >= 11 is 0. The van der Waals surface area contributed by atoms with E-state index in [0.29, 0.717) is 19.1 Å². The molecule has 158 valence electrons. The summed E-state index contributed by atoms with van der Waals surface area (Å²) in [4.78, 5) is 16.0. The van der Waals surface area contributed by atoms with E-state index in [1.54, 1.807) is 7.05 Å². The van der Waals surface area contributed by atoms with Gasteiger partial charge in [0.2, 0.25) is 0 Å². The Morgan fingerprint density at radius 3 is 2.54 bits per heavy atom. The summed E-state index contributed by atoms with van der Waals surface area (Å²) in [5, 5.41) is 6.46. The van der Waals surface area contributed by atoms with E-state index in [4.69, 9.17) is 9.47 Å². The quantitative estimate of drug-likeness (QED) is 0.194. The fourth-order valence-electron chi connectivity index (χ4n) is 3.03. The summed E-state index contributed by atoms with van der Waals surface area (Å²) in [6.07, 6.45) is 3.34. The highest BCUT2D eigenvalue weighted by atomic mass is 127. The first-order valence-electron chi connectivity index (χ1n) is 9.25. The van der Waals surface area contributed by atoms with Crippen LogP contribution < -0.4 is 15.4 Å². The molecule has 6 nitrogen and oxygen atoms in total. The number of benzene rings is 1. The van der Waals surface area contributed by atoms with E-state index in [1.807, 2.05) is 6.92 Å². The van der Waals surface area contributed by atoms with Crippen LogP contribution in [0.25, 0.3) is 0 Å². The van der Waals surface area contributed by atoms with Gasteiger partial charge in [0.15, 0.2) is 17.6 Å². The van der Waals surface area contributed by atoms with Gasteiger partial charge >= 0.3 is 5.97 Å². The van der Waals surface area contributed by atoms with Crippen molar-refractivity contribution in [3.8, 4) is 5.75 Å². The van der Waals surface area contributed by atoms with Gasteiger partial charge in [-0.2, -0.15) is 0 Å². The fraction of sp³-hybridized carbons (Fsp3) is 0.579. The second kappa shape index (κ2) is 12.7. The lowest BCUT2D eigenvalue weighted by Gasteiger charge is -2.29. The third-order valence-corrected chi connectivity index (χ3v) is 4.47. The molecular formula is C19H28F2IN3O3. The van der Waals surface area contributed by atoms with E-state index in [0.717, 1.165) is 37.8 Å². The molecule has 9 heteroatoms. The third kappa shape index (κ3) is 7.76. The molecule has 1 saturated carbocycles. The Kier molecular flexibility index (Phi) is 11.1. The number of carbonyl (C=O) groups excluding carboxylic acids is 1. The Bertz CT molecular complexity index is 653. The molecule has 0 amide bonds. The van der Waals surface area contributed by atoms with Crippen LogP contribution in [0.3, 0.4) is 0 Å². The SMILES string of the molecule is CCOC(=O)C1CCC(NC(=NC)NCCOc2ccc(F)c(F)c2)CC1.I. The van der Waals surface area contributed by atoms with Gasteiger partial charge in [-0.15, -0.1) is 24.0 Å². The lowest BCUT2D eigenvalue weighted by molar-refractivity contribution is -0.149. The first-order chi connectivity index (χ1) is 13.0. The van der Waals surface area contributed by atoms with Crippen molar-refractivity contribution in [3.05, 3.63) is 29.8 Å². The molecule has 0 saturated heterocycles. The van der Waals surface area contributed by atoms with Gasteiger partial charge in [0.05, 0.1) is 19.1 Å². The second-order valence-corrected chi connectivity index (χ2v) is 6.37. The molecule has 2 N–H and O–H groups in total. The predicted molar refractivity (Wildman–Crippen MR) is 114 cm³/mol. The zero-order valence-electron chi connectivity index (χ0n) is 16.2. The summed E-state index contributed by atoms with van der Waals surface area (Å²) in [7, 11) is 1.68. The molecule has 0 aliphatic heterocycles. The molecule has 28 heavy (non-hydrogen) atoms. The van der Waals surface area contributed by atoms with Gasteiger partial charge in [0.25, 0.3) is 0 Å². The van der Waals surface area contributed by atoms with Gasteiger partial charge in [-0.05, 0) is 44.7 Å². The highest BCUT2D eigenvalue weighted by Crippen LogP contribution is 2.25. The Morgan fingerprint density at radius 2 is 1.93 bits per heavy atom. The van der Waals surface area contributed by atoms with E-state index < -0.39 is 11.6 Å². The molecule has 0 radical (unpaired) electrons. The van der Waals surface area contributed by atoms with Crippen LogP contribution in [0.1, 0.15) is 32.6 Å². The monoisotopic (exact) mass is 511 g/mol. The number of guanidine groups is 1. The van der Waals surface area contributed by atoms with E-state index in [9.17, 15) is 13.6 Å². The Balaban J connectivity index is 0.00000392. The van der Waals surface area contributed by atoms with Crippen molar-refractivity contribution >= 4 is 35.9 Å². The van der Waals surface area contributed by atoms with Crippen LogP contribution in [-0.4, -0.2) is 44.8 Å². The molecule has 1 aliphatic carbocycles. The first kappa shape index (κ1) is 24.4. The van der Waals surface area contributed by atoms with Gasteiger partial charge in [0, 0.05) is 19.2 Å². The van der Waals surface area contributed by atoms with Crippen LogP contribution in [0, 0.1) is 17.6 Å². The van der Waals surface area contributed by atoms with E-state index >= 15 is 0 Å². The molecule has 0 aromatic heterocycles. The van der Waals surface area contributed by atoms with Gasteiger partial charge in [-0.1, -0.05) is 0 Å². The zero-order chi connectivity index (χ0) is 19.6. The first-order valence-corrected chi connectivity index (χ1v) is 9.25. The number of ether oxygens (including phenoxy) is 2. The Morgan fingerprint density at radius 1 is 1.21 bits per heavy atom. The number of nitrogens with zero attached hydrogens (tertiary/aromatic N) is 1. The van der Waals surface area contributed by atoms with Crippen LogP contribution >= 0.6 is 24.0 Å². The summed E-state index contributed by atoms with van der Waals surface area (Å²) in [5.41, 5.74) is 0. The zero-order valence-corrected chi connectivity index (χ0v) is 18.5. The van der Waals surface area contributed by atoms with Crippen molar-refractivity contribution in [1.29, 1.82) is 0 Å². The predicted octanol–water partition coefficient (Wildman–Crippen LogP) is 3.25. The van der Waals surface area contributed by atoms with Crippen LogP contribution in [0.5, 0.6) is 5.75 Å². The molecular weight excluding hydrogens is 483 g/mol. The van der Waals surface area contributed by atoms with Crippen LogP contribution in [0.2, 0.25) is 0 Å². The molecule has 1 aromatic carbocycles. The largest absolute Gasteiger partial charge is 0.492 e. The number of nitrogens with one attached hydrogen (secondary N) is 2. The standard InChI is InChI=1S/C19H27F2N3O3.HI/c1-3-26-18(25)13-4-6-14(7-5-13)24-19(22-2)23-10-11-27-15-8-9-16(20)17(21)12-15;/h8-9,12-14H,3-7,10-11H2,1-2H3,(H2,22,23,24);1H. The van der Waals surface area contributed by atoms with Crippen LogP contribution in [0.15, 0.2) is 23.2 Å². The minimum Gasteiger partial charge on any atom is -0.492 e. The van der Waals surface area contributed by atoms with Gasteiger partial charge in [-0.3, -0.25) is 9.79 Å². The van der Waals surface area contributed by atoms with Crippen molar-refractivity contribution in [2.45, 2.75) is 38.6 Å². The lowest BCUT2D eigenvalue weighted by Crippen LogP contribution is -2.46. The van der Waals surface area contributed by atoms with Crippen molar-refractivity contribution in [1.82, 2.24) is 10.6 Å². The van der Waals surface area contributed by atoms with Crippen molar-refractivity contribution in [2.24, 2.45) is 10.9 Å². The molecule has 0 spiro atoms. The molecule has 1 aliphatic rings. The number of carbonyl (C=O) groups is 1. The topological polar surface area (TPSA) is 72.0 Å². The second-order valence-electron chi connectivity index (χ2n) is 6.37. The fourth-order valence-corrected chi connectivity index (χ4v) is 3.03. The van der Waals surface area contributed by atoms with E-state index in [2.05, 4.69) is 15.6 Å². The third-order valence-electron chi connectivity index (χ3n) is 4.47. The number of rotatable bonds is 7. The highest BCUT2D eigenvalue weighted by molar-refractivity contribution is 14.0. The minimum atomic E-state index is -0.934. The summed E-state index contributed by atoms with van der Waals surface area (Å²) in [5.74, 6) is -1.03. The Labute approximate surface area is 181 Å². The van der Waals surface area contributed by atoms with Crippen molar-refractivity contribution < 1.29 is 23.0 Å². The molecule has 1 aromatic rings. The van der Waals surface area contributed by atoms with Crippen molar-refractivity contribution in [2.75, 3.05) is 26.8 Å². The number of halogens is 3. The maximum atomic E-state index is 13.1. The average molecular weight is 511 g/mol. The summed E-state index contributed by atoms with van der Waals surface area (Å²) in [6, 6.07) is 3.68. The molecule has 0 atom stereocenters. The number of hydrogen-bond donors (Lipinski definition) is 2. The lowest BCUT2D eigenvalue weighted by atomic mass is 9.86. The number of esters is 1. The molecule has 2 rings (SSSR count). The molecule has 0 heterocycles. The van der Waals surface area contributed by atoms with Gasteiger partial charge in [-0.25, -0.2) is 8.78 Å². The minimum absolute atomic E-state index is 0. The van der Waals surface area contributed by atoms with E-state index in [-0.39, 0.29) is 54.3 Å². The van der Waals surface area contributed by atoms with Crippen LogP contribution in [0.4, 0.5) is 8.78 Å². The van der Waals surface area contributed by atoms with Gasteiger partial charge < -0.3 is 20.1 Å². The maximum absolute atomic E-state index is 13.1. The summed E-state index contributed by atoms with van der Waals surface area (Å²) in [6.45, 7) is 2.97. The Hall–Kier alpha value is -1.65. The smallest absolute Gasteiger partial charge is 0.308 e. The average Bonchev–Trinajstić information content (AvgIpc) is 2.67. The number of aliphatic imine (C=N–C) groups is 1. The highest BCUT2D eigenvalue weighted by Gasteiger charge is 2.27. The molecule has 1 fully saturated rings. The van der Waals surface area contributed by atoms with Crippen molar-refractivity contribution in [3.63, 3.8) is 0 Å². The summed E-state index contributed by atoms with van der Waals surface area (Å²) < 4.78 is 36.5. The van der Waals surface area contributed by atoms with Crippen LogP contribution in [-0.2, 0) is 9.53 Å². The maximum Gasteiger partial charge on any atom is 0.308 e. The number of hydrogen-bond acceptors (Lipinski definition) is 4. The molecule has 0 unspecified atom stereocenters.